The van der Waals surface area contributed by atoms with E-state index in [2.05, 4.69) is 6.07 Å². The predicted molar refractivity (Wildman–Crippen MR) is 147 cm³/mol. The van der Waals surface area contributed by atoms with Gasteiger partial charge in [0.25, 0.3) is 5.69 Å². The van der Waals surface area contributed by atoms with Crippen LogP contribution in [0.1, 0.15) is 35.8 Å². The second-order valence-corrected chi connectivity index (χ2v) is 10.4. The number of halogens is 3. The van der Waals surface area contributed by atoms with Gasteiger partial charge in [-0.25, -0.2) is 0 Å². The summed E-state index contributed by atoms with van der Waals surface area (Å²) in [5.74, 6) is -1.13. The number of nitro benzene ring substituents is 1. The van der Waals surface area contributed by atoms with Gasteiger partial charge in [0.1, 0.15) is 10.8 Å². The molecule has 0 bridgehead atoms. The third-order valence-corrected chi connectivity index (χ3v) is 7.60. The summed E-state index contributed by atoms with van der Waals surface area (Å²) in [6.45, 7) is 0. The SMILES string of the molecule is N#CC1=C(N)N(c2cc(Cl)cc(Cl)c2)C2=C(C(=O)C[C@@H](c3ccccc3)C2)[C@@H]1c1ccc(Cl)c([N+](=O)[O-])c1. The third kappa shape index (κ3) is 4.52. The number of hydrogen-bond acceptors (Lipinski definition) is 6. The first kappa shape index (κ1) is 25.8. The van der Waals surface area contributed by atoms with E-state index in [1.165, 1.54) is 12.1 Å². The molecule has 3 aromatic rings. The van der Waals surface area contributed by atoms with Crippen LogP contribution in [0.2, 0.25) is 15.1 Å². The van der Waals surface area contributed by atoms with Crippen molar-refractivity contribution < 1.29 is 9.72 Å². The molecule has 190 valence electrons. The van der Waals surface area contributed by atoms with Crippen LogP contribution < -0.4 is 10.6 Å². The van der Waals surface area contributed by atoms with Crippen molar-refractivity contribution in [2.45, 2.75) is 24.7 Å². The topological polar surface area (TPSA) is 113 Å². The van der Waals surface area contributed by atoms with Crippen molar-refractivity contribution in [2.75, 3.05) is 4.90 Å². The third-order valence-electron chi connectivity index (χ3n) is 6.84. The standard InChI is InChI=1S/C28H19Cl3N4O3/c29-18-11-19(30)13-20(12-18)34-24-9-17(15-4-2-1-3-5-15)10-25(36)27(24)26(21(14-32)28(34)33)16-6-7-22(31)23(8-16)35(37)38/h1-8,11-13,17,26H,9-10,33H2/t17-,26+/m0/s1. The number of carbonyl (C=O) groups excluding carboxylic acids is 1. The minimum Gasteiger partial charge on any atom is -0.384 e. The highest BCUT2D eigenvalue weighted by Gasteiger charge is 2.43. The predicted octanol–water partition coefficient (Wildman–Crippen LogP) is 7.25. The van der Waals surface area contributed by atoms with E-state index in [1.807, 2.05) is 30.3 Å². The van der Waals surface area contributed by atoms with E-state index in [-0.39, 0.29) is 40.2 Å². The molecule has 0 aromatic heterocycles. The Balaban J connectivity index is 1.77. The first-order valence-electron chi connectivity index (χ1n) is 11.6. The number of nitrogens with two attached hydrogens (primary N) is 1. The van der Waals surface area contributed by atoms with E-state index >= 15 is 0 Å². The van der Waals surface area contributed by atoms with Gasteiger partial charge in [0.2, 0.25) is 0 Å². The minimum atomic E-state index is -0.902. The molecule has 2 N–H and O–H groups in total. The Bertz CT molecular complexity index is 1570. The fourth-order valence-electron chi connectivity index (χ4n) is 5.24. The zero-order chi connectivity index (χ0) is 27.1. The highest BCUT2D eigenvalue weighted by Crippen LogP contribution is 2.50. The lowest BCUT2D eigenvalue weighted by Gasteiger charge is -2.41. The first-order valence-corrected chi connectivity index (χ1v) is 12.7. The van der Waals surface area contributed by atoms with Gasteiger partial charge < -0.3 is 5.73 Å². The lowest BCUT2D eigenvalue weighted by Crippen LogP contribution is -2.40. The number of allylic oxidation sites excluding steroid dienone is 3. The largest absolute Gasteiger partial charge is 0.384 e. The summed E-state index contributed by atoms with van der Waals surface area (Å²) in [6, 6.07) is 21.0. The number of nitriles is 1. The van der Waals surface area contributed by atoms with Crippen molar-refractivity contribution in [3.05, 3.63) is 126 Å². The molecule has 0 spiro atoms. The molecule has 38 heavy (non-hydrogen) atoms. The molecule has 0 amide bonds. The fourth-order valence-corrected chi connectivity index (χ4v) is 5.94. The highest BCUT2D eigenvalue weighted by atomic mass is 35.5. The van der Waals surface area contributed by atoms with Gasteiger partial charge in [0, 0.05) is 33.8 Å². The fraction of sp³-hybridized carbons (Fsp3) is 0.143. The van der Waals surface area contributed by atoms with Crippen LogP contribution >= 0.6 is 34.8 Å². The lowest BCUT2D eigenvalue weighted by atomic mass is 9.71. The molecule has 1 heterocycles. The van der Waals surface area contributed by atoms with Crippen molar-refractivity contribution in [1.82, 2.24) is 0 Å². The second kappa shape index (κ2) is 10.1. The number of rotatable bonds is 4. The van der Waals surface area contributed by atoms with E-state index < -0.39 is 10.8 Å². The molecule has 5 rings (SSSR count). The van der Waals surface area contributed by atoms with Gasteiger partial charge in [-0.1, -0.05) is 71.2 Å². The maximum atomic E-state index is 13.9. The van der Waals surface area contributed by atoms with Gasteiger partial charge >= 0.3 is 0 Å². The average Bonchev–Trinajstić information content (AvgIpc) is 2.88. The maximum Gasteiger partial charge on any atom is 0.288 e. The number of hydrogen-bond donors (Lipinski definition) is 1. The van der Waals surface area contributed by atoms with Crippen LogP contribution in [0.15, 0.2) is 89.4 Å². The molecule has 0 saturated carbocycles. The van der Waals surface area contributed by atoms with Gasteiger partial charge in [-0.3, -0.25) is 19.8 Å². The molecule has 2 atom stereocenters. The molecule has 3 aromatic carbocycles. The zero-order valence-electron chi connectivity index (χ0n) is 19.7. The Labute approximate surface area is 233 Å². The molecule has 0 radical (unpaired) electrons. The van der Waals surface area contributed by atoms with E-state index in [9.17, 15) is 20.2 Å². The Morgan fingerprint density at radius 2 is 1.66 bits per heavy atom. The molecule has 0 saturated heterocycles. The summed E-state index contributed by atoms with van der Waals surface area (Å²) in [5, 5.41) is 22.5. The van der Waals surface area contributed by atoms with E-state index in [1.54, 1.807) is 29.2 Å². The van der Waals surface area contributed by atoms with Crippen LogP contribution in [0.3, 0.4) is 0 Å². The summed E-state index contributed by atoms with van der Waals surface area (Å²) >= 11 is 18.7. The quantitative estimate of drug-likeness (QED) is 0.263. The zero-order valence-corrected chi connectivity index (χ0v) is 22.0. The minimum absolute atomic E-state index is 0.0477. The summed E-state index contributed by atoms with van der Waals surface area (Å²) in [6.07, 6.45) is 0.637. The van der Waals surface area contributed by atoms with Gasteiger partial charge in [-0.2, -0.15) is 5.26 Å². The monoisotopic (exact) mass is 564 g/mol. The van der Waals surface area contributed by atoms with Crippen LogP contribution in [0, 0.1) is 21.4 Å². The van der Waals surface area contributed by atoms with Gasteiger partial charge in [0.05, 0.1) is 28.2 Å². The number of Topliss-reactive ketones (excluding diaryl/α,β-unsaturated/α-hetero) is 1. The Kier molecular flexibility index (Phi) is 6.89. The number of nitro groups is 1. The smallest absolute Gasteiger partial charge is 0.288 e. The Morgan fingerprint density at radius 3 is 2.29 bits per heavy atom. The molecule has 1 aliphatic heterocycles. The summed E-state index contributed by atoms with van der Waals surface area (Å²) < 4.78 is 0. The number of ketones is 1. The lowest BCUT2D eigenvalue weighted by molar-refractivity contribution is -0.384. The van der Waals surface area contributed by atoms with E-state index in [0.29, 0.717) is 39.0 Å². The summed E-state index contributed by atoms with van der Waals surface area (Å²) in [5.41, 5.74) is 9.23. The van der Waals surface area contributed by atoms with E-state index in [0.717, 1.165) is 5.56 Å². The van der Waals surface area contributed by atoms with Crippen molar-refractivity contribution in [3.63, 3.8) is 0 Å². The molecule has 10 heteroatoms. The van der Waals surface area contributed by atoms with Gasteiger partial charge in [-0.05, 0) is 47.7 Å². The Hall–Kier alpha value is -3.83. The molecule has 0 fully saturated rings. The summed E-state index contributed by atoms with van der Waals surface area (Å²) in [7, 11) is 0. The molecule has 1 aliphatic carbocycles. The van der Waals surface area contributed by atoms with Crippen molar-refractivity contribution >= 4 is 52.0 Å². The normalized spacial score (nSPS) is 19.3. The van der Waals surface area contributed by atoms with Crippen LogP contribution in [-0.4, -0.2) is 10.7 Å². The Morgan fingerprint density at radius 1 is 0.974 bits per heavy atom. The molecular weight excluding hydrogens is 547 g/mol. The van der Waals surface area contributed by atoms with E-state index in [4.69, 9.17) is 40.5 Å². The van der Waals surface area contributed by atoms with Crippen LogP contribution in [0.25, 0.3) is 0 Å². The summed E-state index contributed by atoms with van der Waals surface area (Å²) in [4.78, 5) is 26.6. The second-order valence-electron chi connectivity index (χ2n) is 9.07. The molecule has 7 nitrogen and oxygen atoms in total. The van der Waals surface area contributed by atoms with Crippen molar-refractivity contribution in [3.8, 4) is 6.07 Å². The molecular formula is C28H19Cl3N4O3. The van der Waals surface area contributed by atoms with Crippen molar-refractivity contribution in [2.24, 2.45) is 5.73 Å². The van der Waals surface area contributed by atoms with Crippen LogP contribution in [0.4, 0.5) is 11.4 Å². The molecule has 2 aliphatic rings. The average molecular weight is 566 g/mol. The molecule has 0 unspecified atom stereocenters. The number of carbonyl (C=O) groups is 1. The number of benzene rings is 3. The van der Waals surface area contributed by atoms with Crippen LogP contribution in [0.5, 0.6) is 0 Å². The maximum absolute atomic E-state index is 13.9. The van der Waals surface area contributed by atoms with Gasteiger partial charge in [-0.15, -0.1) is 0 Å². The number of anilines is 1. The van der Waals surface area contributed by atoms with Crippen LogP contribution in [-0.2, 0) is 4.79 Å². The highest BCUT2D eigenvalue weighted by molar-refractivity contribution is 6.35. The van der Waals surface area contributed by atoms with Gasteiger partial charge in [0.15, 0.2) is 5.78 Å². The number of nitrogens with zero attached hydrogens (tertiary/aromatic N) is 3. The van der Waals surface area contributed by atoms with Crippen molar-refractivity contribution in [1.29, 1.82) is 5.26 Å². The first-order chi connectivity index (χ1) is 18.2.